The zero-order chi connectivity index (χ0) is 24.8. The van der Waals surface area contributed by atoms with Crippen LogP contribution in [0.1, 0.15) is 51.5 Å². The molecule has 6 nitrogen and oxygen atoms in total. The van der Waals surface area contributed by atoms with Crippen LogP contribution in [0.5, 0.6) is 5.75 Å². The van der Waals surface area contributed by atoms with Crippen LogP contribution in [0.25, 0.3) is 6.08 Å². The van der Waals surface area contributed by atoms with Crippen LogP contribution in [0.2, 0.25) is 0 Å². The van der Waals surface area contributed by atoms with Crippen molar-refractivity contribution in [2.24, 2.45) is 4.99 Å². The highest BCUT2D eigenvalue weighted by Crippen LogP contribution is 2.33. The van der Waals surface area contributed by atoms with Crippen molar-refractivity contribution >= 4 is 40.5 Å². The van der Waals surface area contributed by atoms with Gasteiger partial charge in [0.25, 0.3) is 5.91 Å². The van der Waals surface area contributed by atoms with E-state index in [-0.39, 0.29) is 34.6 Å². The van der Waals surface area contributed by atoms with Gasteiger partial charge in [0.1, 0.15) is 17.3 Å². The summed E-state index contributed by atoms with van der Waals surface area (Å²) < 4.78 is 18.9. The van der Waals surface area contributed by atoms with E-state index in [1.165, 1.54) is 28.8 Å². The minimum atomic E-state index is -0.377. The molecule has 1 fully saturated rings. The molecule has 1 atom stereocenters. The van der Waals surface area contributed by atoms with Crippen LogP contribution >= 0.6 is 11.8 Å². The normalized spacial score (nSPS) is 18.1. The average molecular weight is 496 g/mol. The Hall–Kier alpha value is -3.13. The van der Waals surface area contributed by atoms with Gasteiger partial charge in [0.2, 0.25) is 5.91 Å². The van der Waals surface area contributed by atoms with Gasteiger partial charge >= 0.3 is 0 Å². The Kier molecular flexibility index (Phi) is 8.23. The summed E-state index contributed by atoms with van der Waals surface area (Å²) in [5.41, 5.74) is 1.54. The molecule has 2 aromatic carbocycles. The van der Waals surface area contributed by atoms with Crippen LogP contribution in [0.4, 0.5) is 10.1 Å². The SMILES string of the molecule is CCOc1ccc(N2C(=O)C(=Cc3ccc(F)cc3)N=C2SC(CC)C(=O)NC2CCCC2)cc1. The molecule has 0 radical (unpaired) electrons. The van der Waals surface area contributed by atoms with E-state index in [2.05, 4.69) is 10.3 Å². The molecule has 0 aromatic heterocycles. The Labute approximate surface area is 209 Å². The van der Waals surface area contributed by atoms with Gasteiger partial charge in [0, 0.05) is 6.04 Å². The van der Waals surface area contributed by atoms with Crippen molar-refractivity contribution in [3.8, 4) is 5.75 Å². The lowest BCUT2D eigenvalue weighted by Gasteiger charge is -2.22. The quantitative estimate of drug-likeness (QED) is 0.488. The van der Waals surface area contributed by atoms with E-state index in [9.17, 15) is 14.0 Å². The highest BCUT2D eigenvalue weighted by molar-refractivity contribution is 8.15. The fourth-order valence-corrected chi connectivity index (χ4v) is 5.23. The molecule has 1 saturated carbocycles. The molecule has 2 amide bonds. The number of amidine groups is 1. The van der Waals surface area contributed by atoms with Crippen molar-refractivity contribution in [1.29, 1.82) is 0 Å². The summed E-state index contributed by atoms with van der Waals surface area (Å²) in [6.07, 6.45) is 6.53. The van der Waals surface area contributed by atoms with E-state index in [1.807, 2.05) is 13.8 Å². The van der Waals surface area contributed by atoms with E-state index >= 15 is 0 Å². The fraction of sp³-hybridized carbons (Fsp3) is 0.370. The Morgan fingerprint density at radius 1 is 1.17 bits per heavy atom. The lowest BCUT2D eigenvalue weighted by atomic mass is 10.2. The number of thioether (sulfide) groups is 1. The summed E-state index contributed by atoms with van der Waals surface area (Å²) in [7, 11) is 0. The van der Waals surface area contributed by atoms with Gasteiger partial charge < -0.3 is 10.1 Å². The Morgan fingerprint density at radius 2 is 1.86 bits per heavy atom. The molecular weight excluding hydrogens is 465 g/mol. The second-order valence-corrected chi connectivity index (χ2v) is 9.72. The van der Waals surface area contributed by atoms with Crippen LogP contribution in [-0.2, 0) is 9.59 Å². The van der Waals surface area contributed by atoms with Crippen LogP contribution < -0.4 is 15.0 Å². The smallest absolute Gasteiger partial charge is 0.283 e. The van der Waals surface area contributed by atoms with Gasteiger partial charge in [-0.1, -0.05) is 43.7 Å². The number of halogens is 1. The van der Waals surface area contributed by atoms with Crippen molar-refractivity contribution in [1.82, 2.24) is 5.32 Å². The summed E-state index contributed by atoms with van der Waals surface area (Å²) in [6.45, 7) is 4.41. The van der Waals surface area contributed by atoms with E-state index < -0.39 is 0 Å². The minimum absolute atomic E-state index is 0.0258. The number of carbonyl (C=O) groups excluding carboxylic acids is 2. The topological polar surface area (TPSA) is 71.0 Å². The number of hydrogen-bond donors (Lipinski definition) is 1. The maximum atomic E-state index is 13.4. The molecule has 1 aliphatic heterocycles. The van der Waals surface area contributed by atoms with Crippen molar-refractivity contribution < 1.29 is 18.7 Å². The predicted octanol–water partition coefficient (Wildman–Crippen LogP) is 5.54. The molecule has 1 aliphatic carbocycles. The second kappa shape index (κ2) is 11.5. The largest absolute Gasteiger partial charge is 0.494 e. The lowest BCUT2D eigenvalue weighted by Crippen LogP contribution is -2.40. The summed E-state index contributed by atoms with van der Waals surface area (Å²) >= 11 is 1.29. The fourth-order valence-electron chi connectivity index (χ4n) is 4.19. The third kappa shape index (κ3) is 6.11. The number of carbonyl (C=O) groups is 2. The van der Waals surface area contributed by atoms with E-state index in [0.29, 0.717) is 35.2 Å². The molecule has 184 valence electrons. The number of ether oxygens (including phenoxy) is 1. The van der Waals surface area contributed by atoms with Gasteiger partial charge in [-0.05, 0) is 74.2 Å². The monoisotopic (exact) mass is 495 g/mol. The number of nitrogens with one attached hydrogen (secondary N) is 1. The van der Waals surface area contributed by atoms with E-state index in [1.54, 1.807) is 42.5 Å². The molecule has 0 spiro atoms. The van der Waals surface area contributed by atoms with Crippen molar-refractivity contribution in [3.05, 3.63) is 65.6 Å². The zero-order valence-electron chi connectivity index (χ0n) is 20.0. The number of aliphatic imine (C=N–C) groups is 1. The predicted molar refractivity (Wildman–Crippen MR) is 139 cm³/mol. The first-order valence-corrected chi connectivity index (χ1v) is 13.0. The zero-order valence-corrected chi connectivity index (χ0v) is 20.8. The molecule has 35 heavy (non-hydrogen) atoms. The number of rotatable bonds is 8. The maximum Gasteiger partial charge on any atom is 0.283 e. The van der Waals surface area contributed by atoms with Crippen LogP contribution in [0.3, 0.4) is 0 Å². The highest BCUT2D eigenvalue weighted by Gasteiger charge is 2.35. The van der Waals surface area contributed by atoms with Gasteiger partial charge in [-0.2, -0.15) is 0 Å². The van der Waals surface area contributed by atoms with Gasteiger partial charge in [-0.15, -0.1) is 0 Å². The van der Waals surface area contributed by atoms with Gasteiger partial charge in [-0.25, -0.2) is 9.38 Å². The van der Waals surface area contributed by atoms with Crippen LogP contribution in [-0.4, -0.2) is 34.9 Å². The Balaban J connectivity index is 1.62. The summed E-state index contributed by atoms with van der Waals surface area (Å²) in [4.78, 5) is 32.6. The Bertz CT molecular complexity index is 1110. The van der Waals surface area contributed by atoms with Gasteiger partial charge in [0.15, 0.2) is 5.17 Å². The first-order chi connectivity index (χ1) is 17.0. The first-order valence-electron chi connectivity index (χ1n) is 12.1. The average Bonchev–Trinajstić information content (AvgIpc) is 3.47. The van der Waals surface area contributed by atoms with Crippen molar-refractivity contribution in [2.75, 3.05) is 11.5 Å². The summed E-state index contributed by atoms with van der Waals surface area (Å²) in [5, 5.41) is 3.23. The maximum absolute atomic E-state index is 13.4. The van der Waals surface area contributed by atoms with Gasteiger partial charge in [-0.3, -0.25) is 14.5 Å². The number of nitrogens with zero attached hydrogens (tertiary/aromatic N) is 2. The standard InChI is InChI=1S/C27H30FN3O3S/c1-3-24(25(32)29-20-7-5-6-8-20)35-27-30-23(17-18-9-11-19(28)12-10-18)26(33)31(27)21-13-15-22(16-14-21)34-4-2/h9-17,20,24H,3-8H2,1-2H3,(H,29,32). The second-order valence-electron chi connectivity index (χ2n) is 8.55. The number of amides is 2. The summed E-state index contributed by atoms with van der Waals surface area (Å²) in [5.74, 6) is 0.0346. The summed E-state index contributed by atoms with van der Waals surface area (Å²) in [6, 6.07) is 13.3. The molecule has 2 aliphatic rings. The Morgan fingerprint density at radius 3 is 2.49 bits per heavy atom. The molecule has 1 N–H and O–H groups in total. The third-order valence-corrected chi connectivity index (χ3v) is 7.34. The molecular formula is C27H30FN3O3S. The minimum Gasteiger partial charge on any atom is -0.494 e. The van der Waals surface area contributed by atoms with E-state index in [4.69, 9.17) is 4.74 Å². The molecule has 1 unspecified atom stereocenters. The first kappa shape index (κ1) is 25.0. The van der Waals surface area contributed by atoms with Crippen LogP contribution in [0, 0.1) is 5.82 Å². The van der Waals surface area contributed by atoms with Crippen molar-refractivity contribution in [3.63, 3.8) is 0 Å². The number of anilines is 1. The molecule has 2 aromatic rings. The molecule has 0 bridgehead atoms. The number of benzene rings is 2. The van der Waals surface area contributed by atoms with E-state index in [0.717, 1.165) is 25.7 Å². The molecule has 8 heteroatoms. The number of hydrogen-bond acceptors (Lipinski definition) is 5. The van der Waals surface area contributed by atoms with Crippen molar-refractivity contribution in [2.45, 2.75) is 57.2 Å². The lowest BCUT2D eigenvalue weighted by molar-refractivity contribution is -0.121. The highest BCUT2D eigenvalue weighted by atomic mass is 32.2. The molecule has 1 heterocycles. The molecule has 0 saturated heterocycles. The van der Waals surface area contributed by atoms with Crippen LogP contribution in [0.15, 0.2) is 59.2 Å². The molecule has 4 rings (SSSR count). The third-order valence-electron chi connectivity index (χ3n) is 6.02. The van der Waals surface area contributed by atoms with Gasteiger partial charge in [0.05, 0.1) is 17.5 Å².